The minimum absolute atomic E-state index is 0.116. The highest BCUT2D eigenvalue weighted by atomic mass is 16.5. The van der Waals surface area contributed by atoms with Gasteiger partial charge in [0.15, 0.2) is 6.35 Å². The minimum Gasteiger partial charge on any atom is -0.578 e. The average molecular weight is 292 g/mol. The van der Waals surface area contributed by atoms with Crippen molar-refractivity contribution in [3.05, 3.63) is 12.5 Å². The molecular weight excluding hydrogens is 259 g/mol. The van der Waals surface area contributed by atoms with Crippen molar-refractivity contribution in [3.63, 3.8) is 0 Å². The van der Waals surface area contributed by atoms with Crippen LogP contribution in [0.1, 0.15) is 55.4 Å². The summed E-state index contributed by atoms with van der Waals surface area (Å²) in [7, 11) is 0. The Bertz CT molecular complexity index is 504. The highest BCUT2D eigenvalue weighted by molar-refractivity contribution is 6.86. The van der Waals surface area contributed by atoms with Gasteiger partial charge in [-0.2, -0.15) is 0 Å². The van der Waals surface area contributed by atoms with Crippen LogP contribution >= 0.6 is 0 Å². The number of rotatable bonds is 2. The molecule has 1 aliphatic rings. The normalized spacial score (nSPS) is 22.2. The van der Waals surface area contributed by atoms with Crippen LogP contribution in [0.25, 0.3) is 0 Å². The van der Waals surface area contributed by atoms with E-state index in [4.69, 9.17) is 4.65 Å². The van der Waals surface area contributed by atoms with Gasteiger partial charge in [-0.25, -0.2) is 4.57 Å². The molecule has 0 unspecified atom stereocenters. The maximum absolute atomic E-state index is 6.72. The summed E-state index contributed by atoms with van der Waals surface area (Å²) in [4.78, 5) is 0. The Morgan fingerprint density at radius 1 is 1.19 bits per heavy atom. The molecule has 0 spiro atoms. The van der Waals surface area contributed by atoms with Crippen LogP contribution in [0.5, 0.6) is 0 Å². The number of imidazole rings is 1. The molecule has 0 bridgehead atoms. The van der Waals surface area contributed by atoms with E-state index in [1.807, 2.05) is 0 Å². The van der Waals surface area contributed by atoms with Crippen LogP contribution in [0.3, 0.4) is 0 Å². The van der Waals surface area contributed by atoms with Gasteiger partial charge in [-0.15, -0.1) is 12.6 Å². The van der Waals surface area contributed by atoms with Crippen LogP contribution < -0.4 is 10.2 Å². The summed E-state index contributed by atoms with van der Waals surface area (Å²) in [6, 6.07) is 0. The lowest BCUT2D eigenvalue weighted by atomic mass is 9.33. The molecule has 4 heteroatoms. The lowest BCUT2D eigenvalue weighted by Gasteiger charge is -2.49. The molecule has 0 saturated carbocycles. The Balaban J connectivity index is 2.53. The predicted octanol–water partition coefficient (Wildman–Crippen LogP) is 3.17. The van der Waals surface area contributed by atoms with Crippen LogP contribution in [0.4, 0.5) is 0 Å². The summed E-state index contributed by atoms with van der Waals surface area (Å²) in [6.07, 6.45) is 6.15. The summed E-state index contributed by atoms with van der Waals surface area (Å²) in [5.74, 6) is 0. The molecule has 3 nitrogen and oxygen atoms in total. The molecule has 1 aromatic heterocycles. The van der Waals surface area contributed by atoms with Gasteiger partial charge in [0.25, 0.3) is 0 Å². The van der Waals surface area contributed by atoms with Crippen molar-refractivity contribution in [2.45, 2.75) is 86.2 Å². The second kappa shape index (κ2) is 5.15. The molecule has 1 aromatic rings. The maximum Gasteiger partial charge on any atom is 0.241 e. The molecule has 0 saturated heterocycles. The van der Waals surface area contributed by atoms with E-state index in [0.717, 1.165) is 19.2 Å². The highest BCUT2D eigenvalue weighted by Gasteiger charge is 2.42. The molecule has 0 amide bonds. The summed E-state index contributed by atoms with van der Waals surface area (Å²) in [6.45, 7) is 19.1. The fraction of sp³-hybridized carbons (Fsp3) is 0.824. The van der Waals surface area contributed by atoms with Crippen molar-refractivity contribution < 1.29 is 9.22 Å². The number of hydrogen-bond acceptors (Lipinski definition) is 1. The summed E-state index contributed by atoms with van der Waals surface area (Å²) in [5.41, 5.74) is 1.69. The van der Waals surface area contributed by atoms with Crippen molar-refractivity contribution in [3.8, 4) is 0 Å². The molecule has 0 radical (unpaired) electrons. The first-order valence-electron chi connectivity index (χ1n) is 8.51. The molecule has 1 atom stereocenters. The fourth-order valence-electron chi connectivity index (χ4n) is 3.41. The van der Waals surface area contributed by atoms with Gasteiger partial charge in [0.05, 0.1) is 12.3 Å². The third-order valence-electron chi connectivity index (χ3n) is 5.25. The Kier molecular flexibility index (Phi) is 4.07. The lowest BCUT2D eigenvalue weighted by molar-refractivity contribution is -0.753. The first-order valence-corrected chi connectivity index (χ1v) is 8.51. The number of hydrogen-bond donors (Lipinski definition) is 0. The molecular formula is C17H33BN2O. The molecule has 0 N–H and O–H groups in total. The maximum atomic E-state index is 6.72. The molecule has 0 aromatic carbocycles. The van der Waals surface area contributed by atoms with E-state index in [1.165, 1.54) is 5.59 Å². The summed E-state index contributed by atoms with van der Waals surface area (Å²) >= 11 is 0. The van der Waals surface area contributed by atoms with Gasteiger partial charge in [0.2, 0.25) is 6.33 Å². The van der Waals surface area contributed by atoms with Crippen LogP contribution in [0.15, 0.2) is 12.5 Å². The topological polar surface area (TPSA) is 18.0 Å². The number of nitrogens with zero attached hydrogens (tertiary/aromatic N) is 2. The average Bonchev–Trinajstić information content (AvgIpc) is 2.80. The van der Waals surface area contributed by atoms with Crippen molar-refractivity contribution in [2.24, 2.45) is 5.41 Å². The third-order valence-corrected chi connectivity index (χ3v) is 5.25. The predicted molar refractivity (Wildman–Crippen MR) is 90.3 cm³/mol. The van der Waals surface area contributed by atoms with E-state index in [9.17, 15) is 0 Å². The van der Waals surface area contributed by atoms with Gasteiger partial charge in [-0.3, -0.25) is 4.57 Å². The molecule has 120 valence electrons. The molecule has 1 aliphatic heterocycles. The first-order chi connectivity index (χ1) is 9.53. The van der Waals surface area contributed by atoms with Crippen LogP contribution in [-0.2, 0) is 16.7 Å². The van der Waals surface area contributed by atoms with E-state index in [2.05, 4.69) is 77.0 Å². The van der Waals surface area contributed by atoms with Gasteiger partial charge in [-0.05, 0) is 26.2 Å². The summed E-state index contributed by atoms with van der Waals surface area (Å²) in [5, 5.41) is 0. The first kappa shape index (κ1) is 16.6. The Labute approximate surface area is 130 Å². The van der Waals surface area contributed by atoms with Gasteiger partial charge in [0.1, 0.15) is 12.1 Å². The standard InChI is InChI=1S/C17H33BN2O/c1-9-18(10-2)15-12-20(17(6,7)8)13-19(15)11-14(21-18)16(3,4)5/h12-14H,9-11H2,1-8H3/t14-/m1/s1. The van der Waals surface area contributed by atoms with Crippen LogP contribution in [0.2, 0.25) is 12.6 Å². The largest absolute Gasteiger partial charge is 0.578 e. The third kappa shape index (κ3) is 2.92. The zero-order valence-electron chi connectivity index (χ0n) is 15.2. The fourth-order valence-corrected chi connectivity index (χ4v) is 3.41. The SMILES string of the molecule is CC[B-]1(CC)O[C@@H](C(C)(C)C)Cn2c[n+](C(C)(C)C)cc21. The Morgan fingerprint density at radius 3 is 2.19 bits per heavy atom. The van der Waals surface area contributed by atoms with Crippen molar-refractivity contribution in [2.75, 3.05) is 0 Å². The van der Waals surface area contributed by atoms with Crippen molar-refractivity contribution in [1.82, 2.24) is 4.57 Å². The Morgan fingerprint density at radius 2 is 1.76 bits per heavy atom. The van der Waals surface area contributed by atoms with E-state index >= 15 is 0 Å². The minimum atomic E-state index is -0.908. The van der Waals surface area contributed by atoms with Crippen molar-refractivity contribution >= 4 is 11.9 Å². The van der Waals surface area contributed by atoms with E-state index in [1.54, 1.807) is 0 Å². The summed E-state index contributed by atoms with van der Waals surface area (Å²) < 4.78 is 11.5. The van der Waals surface area contributed by atoms with Gasteiger partial charge >= 0.3 is 0 Å². The number of fused-ring (bicyclic) bond motifs is 1. The second-order valence-corrected chi connectivity index (χ2v) is 8.86. The van der Waals surface area contributed by atoms with E-state index < -0.39 is 6.35 Å². The van der Waals surface area contributed by atoms with Crippen molar-refractivity contribution in [1.29, 1.82) is 0 Å². The molecule has 2 heterocycles. The van der Waals surface area contributed by atoms with Gasteiger partial charge in [0, 0.05) is 5.59 Å². The zero-order chi connectivity index (χ0) is 16.1. The smallest absolute Gasteiger partial charge is 0.241 e. The zero-order valence-corrected chi connectivity index (χ0v) is 15.2. The lowest BCUT2D eigenvalue weighted by Crippen LogP contribution is -2.62. The molecule has 2 rings (SSSR count). The highest BCUT2D eigenvalue weighted by Crippen LogP contribution is 2.32. The van der Waals surface area contributed by atoms with Crippen LogP contribution in [0, 0.1) is 5.41 Å². The quantitative estimate of drug-likeness (QED) is 0.605. The molecule has 0 aliphatic carbocycles. The Hall–Kier alpha value is -0.765. The van der Waals surface area contributed by atoms with Gasteiger partial charge < -0.3 is 4.65 Å². The monoisotopic (exact) mass is 292 g/mol. The van der Waals surface area contributed by atoms with Gasteiger partial charge in [-0.1, -0.05) is 34.6 Å². The number of aromatic nitrogens is 2. The van der Waals surface area contributed by atoms with E-state index in [0.29, 0.717) is 0 Å². The van der Waals surface area contributed by atoms with E-state index in [-0.39, 0.29) is 17.1 Å². The van der Waals surface area contributed by atoms with Crippen LogP contribution in [-0.4, -0.2) is 17.0 Å². The molecule has 21 heavy (non-hydrogen) atoms. The molecule has 0 fully saturated rings. The second-order valence-electron chi connectivity index (χ2n) is 8.86.